The Morgan fingerprint density at radius 2 is 2.00 bits per heavy atom. The van der Waals surface area contributed by atoms with E-state index in [-0.39, 0.29) is 0 Å². The van der Waals surface area contributed by atoms with Gasteiger partial charge in [-0.15, -0.1) is 0 Å². The van der Waals surface area contributed by atoms with Gasteiger partial charge in [0.2, 0.25) is 5.88 Å². The summed E-state index contributed by atoms with van der Waals surface area (Å²) < 4.78 is 5.17. The molecule has 0 aliphatic carbocycles. The number of methoxy groups -OCH3 is 1. The van der Waals surface area contributed by atoms with Crippen molar-refractivity contribution < 1.29 is 4.74 Å². The third-order valence-corrected chi connectivity index (χ3v) is 4.01. The molecule has 0 spiro atoms. The van der Waals surface area contributed by atoms with Crippen LogP contribution in [0.15, 0.2) is 36.7 Å². The first-order valence-corrected chi connectivity index (χ1v) is 7.61. The Hall–Kier alpha value is -2.65. The van der Waals surface area contributed by atoms with E-state index in [1.54, 1.807) is 25.6 Å². The molecule has 23 heavy (non-hydrogen) atoms. The highest BCUT2D eigenvalue weighted by atomic mass is 16.5. The number of nitrogens with zero attached hydrogens (tertiary/aromatic N) is 5. The van der Waals surface area contributed by atoms with Crippen molar-refractivity contribution in [2.75, 3.05) is 38.2 Å². The summed E-state index contributed by atoms with van der Waals surface area (Å²) in [6.45, 7) is 4.79. The van der Waals surface area contributed by atoms with Gasteiger partial charge in [0.1, 0.15) is 11.8 Å². The Labute approximate surface area is 136 Å². The fraction of sp³-hybridized carbons (Fsp3) is 0.353. The van der Waals surface area contributed by atoms with Gasteiger partial charge in [-0.2, -0.15) is 5.26 Å². The number of piperazine rings is 1. The van der Waals surface area contributed by atoms with E-state index in [2.05, 4.69) is 19.8 Å². The van der Waals surface area contributed by atoms with E-state index in [0.717, 1.165) is 38.4 Å². The first-order chi connectivity index (χ1) is 11.3. The second-order valence-electron chi connectivity index (χ2n) is 5.48. The maximum atomic E-state index is 8.80. The van der Waals surface area contributed by atoms with E-state index in [1.807, 2.05) is 24.3 Å². The lowest BCUT2D eigenvalue weighted by molar-refractivity contribution is 0.249. The quantitative estimate of drug-likeness (QED) is 0.856. The summed E-state index contributed by atoms with van der Waals surface area (Å²) in [5.41, 5.74) is 2.75. The summed E-state index contributed by atoms with van der Waals surface area (Å²) in [7, 11) is 1.64. The lowest BCUT2D eigenvalue weighted by atomic mass is 10.2. The molecule has 2 aromatic rings. The molecule has 1 aliphatic rings. The van der Waals surface area contributed by atoms with E-state index in [9.17, 15) is 0 Å². The lowest BCUT2D eigenvalue weighted by Crippen LogP contribution is -2.46. The highest BCUT2D eigenvalue weighted by Crippen LogP contribution is 2.17. The van der Waals surface area contributed by atoms with E-state index < -0.39 is 0 Å². The predicted molar refractivity (Wildman–Crippen MR) is 87.2 cm³/mol. The van der Waals surface area contributed by atoms with Crippen LogP contribution in [0.3, 0.4) is 0 Å². The molecule has 2 aromatic heterocycles. The minimum absolute atomic E-state index is 0.457. The Kier molecular flexibility index (Phi) is 4.69. The number of hydrogen-bond donors (Lipinski definition) is 0. The van der Waals surface area contributed by atoms with Gasteiger partial charge in [-0.3, -0.25) is 4.90 Å². The average molecular weight is 309 g/mol. The van der Waals surface area contributed by atoms with E-state index in [0.29, 0.717) is 11.6 Å². The van der Waals surface area contributed by atoms with Gasteiger partial charge in [0, 0.05) is 45.0 Å². The lowest BCUT2D eigenvalue weighted by Gasteiger charge is -2.36. The minimum Gasteiger partial charge on any atom is -0.481 e. The number of aromatic nitrogens is 2. The molecule has 0 saturated carbocycles. The summed E-state index contributed by atoms with van der Waals surface area (Å²) in [5, 5.41) is 8.80. The molecule has 118 valence electrons. The smallest absolute Gasteiger partial charge is 0.213 e. The average Bonchev–Trinajstić information content (AvgIpc) is 2.63. The van der Waals surface area contributed by atoms with Crippen LogP contribution in [0.5, 0.6) is 5.88 Å². The van der Waals surface area contributed by atoms with Crippen LogP contribution in [0.1, 0.15) is 11.3 Å². The van der Waals surface area contributed by atoms with E-state index in [4.69, 9.17) is 10.00 Å². The SMILES string of the molecule is COc1cc(CN2CCN(c3ccc(C#N)nc3)CC2)ccn1. The number of pyridine rings is 2. The van der Waals surface area contributed by atoms with Crippen LogP contribution >= 0.6 is 0 Å². The van der Waals surface area contributed by atoms with Crippen LogP contribution in [-0.2, 0) is 6.54 Å². The zero-order valence-corrected chi connectivity index (χ0v) is 13.1. The largest absolute Gasteiger partial charge is 0.481 e. The zero-order valence-electron chi connectivity index (χ0n) is 13.1. The van der Waals surface area contributed by atoms with Gasteiger partial charge in [-0.25, -0.2) is 9.97 Å². The molecule has 0 atom stereocenters. The van der Waals surface area contributed by atoms with E-state index >= 15 is 0 Å². The Balaban J connectivity index is 1.56. The fourth-order valence-electron chi connectivity index (χ4n) is 2.72. The molecule has 1 aliphatic heterocycles. The van der Waals surface area contributed by atoms with Crippen LogP contribution < -0.4 is 9.64 Å². The monoisotopic (exact) mass is 309 g/mol. The van der Waals surface area contributed by atoms with Crippen LogP contribution in [-0.4, -0.2) is 48.2 Å². The van der Waals surface area contributed by atoms with Crippen molar-refractivity contribution in [3.63, 3.8) is 0 Å². The normalized spacial score (nSPS) is 15.2. The van der Waals surface area contributed by atoms with Gasteiger partial charge in [0.05, 0.1) is 19.0 Å². The standard InChI is InChI=1S/C17H19N5O/c1-23-17-10-14(4-5-19-17)13-21-6-8-22(9-7-21)16-3-2-15(11-18)20-12-16/h2-5,10,12H,6-9,13H2,1H3. The van der Waals surface area contributed by atoms with Crippen LogP contribution in [0, 0.1) is 11.3 Å². The van der Waals surface area contributed by atoms with Crippen molar-refractivity contribution >= 4 is 5.69 Å². The second kappa shape index (κ2) is 7.07. The first-order valence-electron chi connectivity index (χ1n) is 7.61. The van der Waals surface area contributed by atoms with Gasteiger partial charge < -0.3 is 9.64 Å². The number of rotatable bonds is 4. The Morgan fingerprint density at radius 3 is 2.65 bits per heavy atom. The molecular weight excluding hydrogens is 290 g/mol. The predicted octanol–water partition coefficient (Wildman–Crippen LogP) is 1.68. The number of anilines is 1. The number of ether oxygens (including phenoxy) is 1. The molecule has 3 rings (SSSR count). The van der Waals surface area contributed by atoms with Crippen molar-refractivity contribution in [2.45, 2.75) is 6.54 Å². The molecule has 0 N–H and O–H groups in total. The highest BCUT2D eigenvalue weighted by Gasteiger charge is 2.17. The first kappa shape index (κ1) is 15.3. The van der Waals surface area contributed by atoms with Gasteiger partial charge >= 0.3 is 0 Å². The Bertz CT molecular complexity index is 687. The second-order valence-corrected chi connectivity index (χ2v) is 5.48. The molecule has 0 bridgehead atoms. The molecule has 1 saturated heterocycles. The molecule has 0 radical (unpaired) electrons. The summed E-state index contributed by atoms with van der Waals surface area (Å²) in [4.78, 5) is 13.0. The summed E-state index contributed by atoms with van der Waals surface area (Å²) in [6, 6.07) is 9.79. The number of hydrogen-bond acceptors (Lipinski definition) is 6. The molecule has 1 fully saturated rings. The zero-order chi connectivity index (χ0) is 16.1. The maximum absolute atomic E-state index is 8.80. The molecule has 3 heterocycles. The van der Waals surface area contributed by atoms with Crippen molar-refractivity contribution in [3.8, 4) is 11.9 Å². The van der Waals surface area contributed by atoms with Gasteiger partial charge in [-0.1, -0.05) is 0 Å². The molecule has 0 unspecified atom stereocenters. The van der Waals surface area contributed by atoms with Gasteiger partial charge in [0.25, 0.3) is 0 Å². The summed E-state index contributed by atoms with van der Waals surface area (Å²) in [5.74, 6) is 0.657. The van der Waals surface area contributed by atoms with Crippen molar-refractivity contribution in [1.29, 1.82) is 5.26 Å². The maximum Gasteiger partial charge on any atom is 0.213 e. The van der Waals surface area contributed by atoms with Crippen molar-refractivity contribution in [1.82, 2.24) is 14.9 Å². The van der Waals surface area contributed by atoms with Crippen LogP contribution in [0.4, 0.5) is 5.69 Å². The van der Waals surface area contributed by atoms with E-state index in [1.165, 1.54) is 5.56 Å². The fourth-order valence-corrected chi connectivity index (χ4v) is 2.72. The molecule has 0 amide bonds. The highest BCUT2D eigenvalue weighted by molar-refractivity contribution is 5.46. The van der Waals surface area contributed by atoms with Crippen molar-refractivity contribution in [2.24, 2.45) is 0 Å². The van der Waals surface area contributed by atoms with Gasteiger partial charge in [-0.05, 0) is 23.8 Å². The molecule has 6 nitrogen and oxygen atoms in total. The summed E-state index contributed by atoms with van der Waals surface area (Å²) in [6.07, 6.45) is 3.56. The molecular formula is C17H19N5O. The van der Waals surface area contributed by atoms with Crippen LogP contribution in [0.2, 0.25) is 0 Å². The minimum atomic E-state index is 0.457. The Morgan fingerprint density at radius 1 is 1.17 bits per heavy atom. The molecule has 0 aromatic carbocycles. The molecule has 6 heteroatoms. The number of nitriles is 1. The third kappa shape index (κ3) is 3.76. The van der Waals surface area contributed by atoms with Crippen molar-refractivity contribution in [3.05, 3.63) is 47.9 Å². The third-order valence-electron chi connectivity index (χ3n) is 4.01. The van der Waals surface area contributed by atoms with Gasteiger partial charge in [0.15, 0.2) is 0 Å². The topological polar surface area (TPSA) is 65.3 Å². The summed E-state index contributed by atoms with van der Waals surface area (Å²) >= 11 is 0. The van der Waals surface area contributed by atoms with Crippen LogP contribution in [0.25, 0.3) is 0 Å².